The van der Waals surface area contributed by atoms with Gasteiger partial charge in [-0.2, -0.15) is 0 Å². The molecule has 1 atom stereocenters. The Morgan fingerprint density at radius 2 is 1.75 bits per heavy atom. The van der Waals surface area contributed by atoms with Gasteiger partial charge in [0.1, 0.15) is 5.37 Å². The lowest BCUT2D eigenvalue weighted by atomic mass is 10.1. The molecule has 0 aliphatic carbocycles. The Hall–Kier alpha value is -2.12. The molecule has 1 amide bonds. The van der Waals surface area contributed by atoms with E-state index in [4.69, 9.17) is 16.3 Å². The first-order chi connectivity index (χ1) is 13.6. The van der Waals surface area contributed by atoms with Gasteiger partial charge >= 0.3 is 0 Å². The molecular formula is C21H19ClN2O3S. The van der Waals surface area contributed by atoms with Crippen molar-refractivity contribution in [3.8, 4) is 0 Å². The Morgan fingerprint density at radius 1 is 1.07 bits per heavy atom. The van der Waals surface area contributed by atoms with Crippen molar-refractivity contribution in [3.63, 3.8) is 0 Å². The third-order valence-corrected chi connectivity index (χ3v) is 6.18. The second kappa shape index (κ2) is 8.49. The number of amides is 1. The number of morpholine rings is 1. The van der Waals surface area contributed by atoms with Crippen molar-refractivity contribution in [2.45, 2.75) is 5.37 Å². The number of anilines is 1. The molecule has 28 heavy (non-hydrogen) atoms. The zero-order chi connectivity index (χ0) is 19.5. The minimum absolute atomic E-state index is 0.0340. The highest BCUT2D eigenvalue weighted by Gasteiger charge is 2.41. The van der Waals surface area contributed by atoms with Crippen LogP contribution in [0.3, 0.4) is 0 Å². The Kier molecular flexibility index (Phi) is 5.82. The number of nitrogens with zero attached hydrogens (tertiary/aromatic N) is 2. The van der Waals surface area contributed by atoms with Gasteiger partial charge in [0.25, 0.3) is 5.91 Å². The van der Waals surface area contributed by atoms with E-state index in [1.54, 1.807) is 35.2 Å². The Morgan fingerprint density at radius 3 is 2.43 bits per heavy atom. The average molecular weight is 415 g/mol. The summed E-state index contributed by atoms with van der Waals surface area (Å²) in [7, 11) is 0. The number of carbonyl (C=O) groups is 2. The number of carbonyl (C=O) groups excluding carboxylic acids is 2. The molecule has 2 aromatic rings. The first kappa shape index (κ1) is 19.2. The van der Waals surface area contributed by atoms with Crippen LogP contribution in [0.2, 0.25) is 5.02 Å². The number of benzene rings is 2. The number of hydrogen-bond acceptors (Lipinski definition) is 5. The average Bonchev–Trinajstić information content (AvgIpc) is 3.05. The molecule has 2 aromatic carbocycles. The van der Waals surface area contributed by atoms with E-state index in [-0.39, 0.29) is 17.1 Å². The SMILES string of the molecule is O=C(/C=C1\SC(N2CCOCC2)C(=O)N1c1ccccc1)c1ccc(Cl)cc1. The topological polar surface area (TPSA) is 49.9 Å². The van der Waals surface area contributed by atoms with E-state index < -0.39 is 0 Å². The van der Waals surface area contributed by atoms with Crippen LogP contribution in [-0.2, 0) is 9.53 Å². The van der Waals surface area contributed by atoms with Gasteiger partial charge in [0.15, 0.2) is 5.78 Å². The van der Waals surface area contributed by atoms with E-state index in [0.29, 0.717) is 41.9 Å². The summed E-state index contributed by atoms with van der Waals surface area (Å²) in [4.78, 5) is 29.8. The zero-order valence-corrected chi connectivity index (χ0v) is 16.7. The van der Waals surface area contributed by atoms with Crippen molar-refractivity contribution in [1.29, 1.82) is 0 Å². The maximum Gasteiger partial charge on any atom is 0.260 e. The van der Waals surface area contributed by atoms with Gasteiger partial charge in [-0.1, -0.05) is 41.6 Å². The number of halogens is 1. The molecule has 0 spiro atoms. The summed E-state index contributed by atoms with van der Waals surface area (Å²) in [6, 6.07) is 16.2. The maximum absolute atomic E-state index is 13.2. The smallest absolute Gasteiger partial charge is 0.260 e. The number of allylic oxidation sites excluding steroid dienone is 1. The Balaban J connectivity index is 1.66. The maximum atomic E-state index is 13.2. The Labute approximate surface area is 172 Å². The summed E-state index contributed by atoms with van der Waals surface area (Å²) in [6.07, 6.45) is 1.54. The molecule has 5 nitrogen and oxygen atoms in total. The van der Waals surface area contributed by atoms with E-state index in [1.165, 1.54) is 11.8 Å². The molecule has 0 bridgehead atoms. The lowest BCUT2D eigenvalue weighted by Crippen LogP contribution is -2.46. The van der Waals surface area contributed by atoms with E-state index in [2.05, 4.69) is 4.90 Å². The highest BCUT2D eigenvalue weighted by atomic mass is 35.5. The zero-order valence-electron chi connectivity index (χ0n) is 15.1. The van der Waals surface area contributed by atoms with Gasteiger partial charge in [-0.3, -0.25) is 19.4 Å². The normalized spacial score (nSPS) is 22.0. The predicted octanol–water partition coefficient (Wildman–Crippen LogP) is 3.80. The first-order valence-electron chi connectivity index (χ1n) is 9.02. The van der Waals surface area contributed by atoms with E-state index in [9.17, 15) is 9.59 Å². The molecule has 7 heteroatoms. The van der Waals surface area contributed by atoms with Crippen LogP contribution in [0.15, 0.2) is 65.7 Å². The molecule has 2 aliphatic heterocycles. The fourth-order valence-corrected chi connectivity index (χ4v) is 4.62. The van der Waals surface area contributed by atoms with Crippen LogP contribution < -0.4 is 4.90 Å². The van der Waals surface area contributed by atoms with Gasteiger partial charge in [0.05, 0.1) is 18.2 Å². The summed E-state index contributed by atoms with van der Waals surface area (Å²) in [5.41, 5.74) is 1.29. The molecule has 2 heterocycles. The summed E-state index contributed by atoms with van der Waals surface area (Å²) >= 11 is 7.33. The minimum atomic E-state index is -0.353. The molecule has 0 aromatic heterocycles. The number of thioether (sulfide) groups is 1. The molecule has 0 radical (unpaired) electrons. The van der Waals surface area contributed by atoms with E-state index in [1.807, 2.05) is 30.3 Å². The van der Waals surface area contributed by atoms with Gasteiger partial charge in [0.2, 0.25) is 0 Å². The first-order valence-corrected chi connectivity index (χ1v) is 10.3. The van der Waals surface area contributed by atoms with Crippen LogP contribution in [0.1, 0.15) is 10.4 Å². The standard InChI is InChI=1S/C21H19ClN2O3S/c22-16-8-6-15(7-9-16)18(25)14-19-24(17-4-2-1-3-5-17)20(26)21(28-19)23-10-12-27-13-11-23/h1-9,14,21H,10-13H2/b19-14-. The molecule has 144 valence electrons. The van der Waals surface area contributed by atoms with Crippen molar-refractivity contribution in [2.24, 2.45) is 0 Å². The number of ketones is 1. The van der Waals surface area contributed by atoms with Gasteiger partial charge in [-0.15, -0.1) is 0 Å². The summed E-state index contributed by atoms with van der Waals surface area (Å²) < 4.78 is 5.41. The predicted molar refractivity (Wildman–Crippen MR) is 112 cm³/mol. The van der Waals surface area contributed by atoms with Gasteiger partial charge in [0, 0.05) is 35.4 Å². The summed E-state index contributed by atoms with van der Waals surface area (Å²) in [5.74, 6) is -0.191. The van der Waals surface area contributed by atoms with Crippen LogP contribution >= 0.6 is 23.4 Å². The van der Waals surface area contributed by atoms with Crippen molar-refractivity contribution >= 4 is 40.7 Å². The summed E-state index contributed by atoms with van der Waals surface area (Å²) in [6.45, 7) is 2.62. The van der Waals surface area contributed by atoms with Crippen LogP contribution in [0.25, 0.3) is 0 Å². The fraction of sp³-hybridized carbons (Fsp3) is 0.238. The highest BCUT2D eigenvalue weighted by Crippen LogP contribution is 2.40. The van der Waals surface area contributed by atoms with Crippen molar-refractivity contribution in [1.82, 2.24) is 4.90 Å². The quantitative estimate of drug-likeness (QED) is 0.562. The van der Waals surface area contributed by atoms with Crippen LogP contribution in [0, 0.1) is 0 Å². The third-order valence-electron chi connectivity index (χ3n) is 4.66. The summed E-state index contributed by atoms with van der Waals surface area (Å²) in [5, 5.41) is 0.855. The lowest BCUT2D eigenvalue weighted by Gasteiger charge is -2.30. The molecule has 2 fully saturated rings. The lowest BCUT2D eigenvalue weighted by molar-refractivity contribution is -0.121. The molecule has 1 unspecified atom stereocenters. The third kappa shape index (κ3) is 4.00. The largest absolute Gasteiger partial charge is 0.379 e. The number of rotatable bonds is 4. The van der Waals surface area contributed by atoms with Crippen LogP contribution in [-0.4, -0.2) is 48.3 Å². The molecule has 2 saturated heterocycles. The van der Waals surface area contributed by atoms with Gasteiger partial charge in [-0.05, 0) is 36.4 Å². The molecule has 4 rings (SSSR count). The van der Waals surface area contributed by atoms with Crippen molar-refractivity contribution in [3.05, 3.63) is 76.3 Å². The number of ether oxygens (including phenoxy) is 1. The number of para-hydroxylation sites is 1. The molecular weight excluding hydrogens is 396 g/mol. The van der Waals surface area contributed by atoms with Crippen LogP contribution in [0.4, 0.5) is 5.69 Å². The second-order valence-corrected chi connectivity index (χ2v) is 8.02. The molecule has 0 saturated carbocycles. The monoisotopic (exact) mass is 414 g/mol. The second-order valence-electron chi connectivity index (χ2n) is 6.48. The van der Waals surface area contributed by atoms with Crippen molar-refractivity contribution < 1.29 is 14.3 Å². The van der Waals surface area contributed by atoms with Gasteiger partial charge in [-0.25, -0.2) is 0 Å². The molecule has 2 aliphatic rings. The Bertz CT molecular complexity index is 896. The molecule has 0 N–H and O–H groups in total. The van der Waals surface area contributed by atoms with E-state index >= 15 is 0 Å². The fourth-order valence-electron chi connectivity index (χ4n) is 3.22. The van der Waals surface area contributed by atoms with E-state index in [0.717, 1.165) is 5.69 Å². The highest BCUT2D eigenvalue weighted by molar-refractivity contribution is 8.05. The number of hydrogen-bond donors (Lipinski definition) is 0. The van der Waals surface area contributed by atoms with Gasteiger partial charge < -0.3 is 4.74 Å². The minimum Gasteiger partial charge on any atom is -0.379 e. The van der Waals surface area contributed by atoms with Crippen molar-refractivity contribution in [2.75, 3.05) is 31.2 Å². The van der Waals surface area contributed by atoms with Crippen LogP contribution in [0.5, 0.6) is 0 Å².